The van der Waals surface area contributed by atoms with E-state index in [1.54, 1.807) is 52.2 Å². The molecule has 0 saturated carbocycles. The van der Waals surface area contributed by atoms with E-state index < -0.39 is 35.8 Å². The van der Waals surface area contributed by atoms with Crippen molar-refractivity contribution >= 4 is 63.7 Å². The van der Waals surface area contributed by atoms with Crippen LogP contribution in [0.2, 0.25) is 0 Å². The van der Waals surface area contributed by atoms with Gasteiger partial charge in [-0.15, -0.1) is 34.7 Å². The molecule has 0 aliphatic heterocycles. The van der Waals surface area contributed by atoms with E-state index in [4.69, 9.17) is 26.2 Å². The van der Waals surface area contributed by atoms with Crippen LogP contribution in [0.1, 0.15) is 71.5 Å². The number of aromatic nitrogens is 1. The molecule has 0 unspecified atom stereocenters. The summed E-state index contributed by atoms with van der Waals surface area (Å²) in [6, 6.07) is -0.979. The van der Waals surface area contributed by atoms with Crippen LogP contribution in [-0.4, -0.2) is 75.0 Å². The number of amides is 2. The molecule has 0 bridgehead atoms. The number of aliphatic carboxylic acids is 1. The van der Waals surface area contributed by atoms with Gasteiger partial charge in [-0.1, -0.05) is 26.8 Å². The van der Waals surface area contributed by atoms with Crippen molar-refractivity contribution in [2.24, 2.45) is 10.9 Å². The number of nitrogens with one attached hydrogen (secondary N) is 2. The highest BCUT2D eigenvalue weighted by molar-refractivity contribution is 8.14. The molecular formula is C27H41ClN4O7S2. The summed E-state index contributed by atoms with van der Waals surface area (Å²) in [5, 5.41) is 17.2. The SMILES string of the molecule is CCCS/C(=N\CC(=O)O)c1csc(CNC(=O)C[C@@H](/C=C/CCCl)OC(=O)[C@@H](NC(=O)OC(C)(C)C)C(C)C)n1. The number of rotatable bonds is 16. The standard InChI is InChI=1S/C27H41ClN4O7S2/c1-7-12-40-24(30-15-22(34)35)19-16-41-21(31-19)14-29-20(33)13-18(10-8-9-11-28)38-25(36)23(17(2)3)32-26(37)39-27(4,5)6/h8,10,16-18,23H,7,9,11-15H2,1-6H3,(H,29,33)(H,32,37)(H,34,35)/b10-8+,30-24-/t18-,23+/m1/s1. The van der Waals surface area contributed by atoms with Crippen molar-refractivity contribution in [2.75, 3.05) is 18.2 Å². The van der Waals surface area contributed by atoms with Crippen LogP contribution in [0.3, 0.4) is 0 Å². The number of esters is 1. The molecule has 2 atom stereocenters. The van der Waals surface area contributed by atoms with Crippen molar-refractivity contribution in [3.63, 3.8) is 0 Å². The number of carbonyl (C=O) groups excluding carboxylic acids is 3. The molecule has 3 N–H and O–H groups in total. The largest absolute Gasteiger partial charge is 0.480 e. The first-order chi connectivity index (χ1) is 19.2. The van der Waals surface area contributed by atoms with Gasteiger partial charge in [-0.2, -0.15) is 0 Å². The Morgan fingerprint density at radius 1 is 1.27 bits per heavy atom. The quantitative estimate of drug-likeness (QED) is 0.0768. The highest BCUT2D eigenvalue weighted by atomic mass is 35.5. The molecule has 41 heavy (non-hydrogen) atoms. The summed E-state index contributed by atoms with van der Waals surface area (Å²) in [7, 11) is 0. The maximum atomic E-state index is 13.0. The van der Waals surface area contributed by atoms with Gasteiger partial charge in [0.2, 0.25) is 5.91 Å². The van der Waals surface area contributed by atoms with Crippen LogP contribution < -0.4 is 10.6 Å². The van der Waals surface area contributed by atoms with Crippen LogP contribution in [0.15, 0.2) is 22.5 Å². The van der Waals surface area contributed by atoms with Gasteiger partial charge >= 0.3 is 18.0 Å². The predicted molar refractivity (Wildman–Crippen MR) is 163 cm³/mol. The predicted octanol–water partition coefficient (Wildman–Crippen LogP) is 4.77. The summed E-state index contributed by atoms with van der Waals surface area (Å²) >= 11 is 8.51. The summed E-state index contributed by atoms with van der Waals surface area (Å²) in [6.07, 6.45) is 2.95. The second-order valence-corrected chi connectivity index (χ2v) is 12.6. The molecule has 1 rings (SSSR count). The third-order valence-corrected chi connectivity index (χ3v) is 7.17. The minimum atomic E-state index is -1.03. The lowest BCUT2D eigenvalue weighted by Crippen LogP contribution is -2.48. The number of carboxylic acids is 1. The Balaban J connectivity index is 2.87. The summed E-state index contributed by atoms with van der Waals surface area (Å²) in [4.78, 5) is 57.6. The Hall–Kier alpha value is -2.64. The second kappa shape index (κ2) is 18.7. The molecule has 1 aromatic heterocycles. The molecule has 230 valence electrons. The summed E-state index contributed by atoms with van der Waals surface area (Å²) in [5.41, 5.74) is -0.174. The molecule has 0 fully saturated rings. The number of aliphatic imine (C=N–C) groups is 1. The van der Waals surface area contributed by atoms with E-state index >= 15 is 0 Å². The number of alkyl carbamates (subject to hydrolysis) is 1. The number of thioether (sulfide) groups is 1. The minimum absolute atomic E-state index is 0.134. The van der Waals surface area contributed by atoms with Crippen LogP contribution in [0.4, 0.5) is 4.79 Å². The van der Waals surface area contributed by atoms with Gasteiger partial charge in [0.15, 0.2) is 0 Å². The van der Waals surface area contributed by atoms with Crippen molar-refractivity contribution in [3.05, 3.63) is 28.2 Å². The Kier molecular flexibility index (Phi) is 16.6. The van der Waals surface area contributed by atoms with E-state index in [1.807, 2.05) is 6.92 Å². The van der Waals surface area contributed by atoms with Gasteiger partial charge in [0.25, 0.3) is 0 Å². The number of nitrogens with zero attached hydrogens (tertiary/aromatic N) is 2. The lowest BCUT2D eigenvalue weighted by Gasteiger charge is -2.26. The molecule has 14 heteroatoms. The number of alkyl halides is 1. The number of thiazole rings is 1. The fraction of sp³-hybridized carbons (Fsp3) is 0.630. The first-order valence-corrected chi connectivity index (χ1v) is 15.7. The normalized spacial score (nSPS) is 13.6. The summed E-state index contributed by atoms with van der Waals surface area (Å²) < 4.78 is 10.9. The van der Waals surface area contributed by atoms with Gasteiger partial charge in [0.1, 0.15) is 40.0 Å². The maximum absolute atomic E-state index is 13.0. The molecule has 0 aliphatic carbocycles. The van der Waals surface area contributed by atoms with Gasteiger partial charge < -0.3 is 25.2 Å². The Morgan fingerprint density at radius 2 is 1.98 bits per heavy atom. The zero-order valence-electron chi connectivity index (χ0n) is 24.4. The Labute approximate surface area is 254 Å². The van der Waals surface area contributed by atoms with Crippen molar-refractivity contribution in [3.8, 4) is 0 Å². The topological polar surface area (TPSA) is 156 Å². The summed E-state index contributed by atoms with van der Waals surface area (Å²) in [5.74, 6) is -1.27. The first kappa shape index (κ1) is 36.4. The van der Waals surface area contributed by atoms with Crippen molar-refractivity contribution in [1.29, 1.82) is 0 Å². The van der Waals surface area contributed by atoms with E-state index in [0.717, 1.165) is 12.2 Å². The number of carboxylic acid groups (broad SMARTS) is 1. The summed E-state index contributed by atoms with van der Waals surface area (Å²) in [6.45, 7) is 10.5. The van der Waals surface area contributed by atoms with Gasteiger partial charge in [0, 0.05) is 11.3 Å². The van der Waals surface area contributed by atoms with E-state index in [-0.39, 0.29) is 31.3 Å². The zero-order chi connectivity index (χ0) is 31.0. The van der Waals surface area contributed by atoms with E-state index in [1.165, 1.54) is 23.1 Å². The second-order valence-electron chi connectivity index (χ2n) is 10.2. The van der Waals surface area contributed by atoms with Crippen LogP contribution in [0, 0.1) is 5.92 Å². The average molecular weight is 633 g/mol. The van der Waals surface area contributed by atoms with Gasteiger partial charge in [-0.25, -0.2) is 14.6 Å². The highest BCUT2D eigenvalue weighted by Crippen LogP contribution is 2.18. The third kappa shape index (κ3) is 15.8. The molecule has 1 aromatic rings. The number of hydrogen-bond donors (Lipinski definition) is 3. The van der Waals surface area contributed by atoms with Crippen molar-refractivity contribution in [1.82, 2.24) is 15.6 Å². The Morgan fingerprint density at radius 3 is 2.56 bits per heavy atom. The number of halogens is 1. The van der Waals surface area contributed by atoms with Gasteiger partial charge in [0.05, 0.1) is 13.0 Å². The fourth-order valence-electron chi connectivity index (χ4n) is 3.07. The van der Waals surface area contributed by atoms with Crippen LogP contribution in [0.25, 0.3) is 0 Å². The lowest BCUT2D eigenvalue weighted by molar-refractivity contribution is -0.151. The van der Waals surface area contributed by atoms with E-state index in [0.29, 0.717) is 28.0 Å². The Bertz CT molecular complexity index is 1070. The maximum Gasteiger partial charge on any atom is 0.408 e. The lowest BCUT2D eigenvalue weighted by atomic mass is 10.0. The smallest absolute Gasteiger partial charge is 0.408 e. The minimum Gasteiger partial charge on any atom is -0.480 e. The monoisotopic (exact) mass is 632 g/mol. The molecule has 0 radical (unpaired) electrons. The molecule has 1 heterocycles. The van der Waals surface area contributed by atoms with Crippen LogP contribution in [-0.2, 0) is 30.4 Å². The molecule has 2 amide bonds. The van der Waals surface area contributed by atoms with Crippen molar-refractivity contribution in [2.45, 2.75) is 85.1 Å². The van der Waals surface area contributed by atoms with Gasteiger partial charge in [-0.3, -0.25) is 14.6 Å². The molecule has 0 saturated heterocycles. The number of allylic oxidation sites excluding steroid dienone is 1. The van der Waals surface area contributed by atoms with Crippen LogP contribution >= 0.6 is 34.7 Å². The molecule has 0 aromatic carbocycles. The third-order valence-electron chi connectivity index (χ3n) is 4.88. The number of hydrogen-bond acceptors (Lipinski definition) is 10. The van der Waals surface area contributed by atoms with Crippen LogP contribution in [0.5, 0.6) is 0 Å². The highest BCUT2D eigenvalue weighted by Gasteiger charge is 2.30. The number of carbonyl (C=O) groups is 4. The zero-order valence-corrected chi connectivity index (χ0v) is 26.8. The average Bonchev–Trinajstić information content (AvgIpc) is 3.33. The molecular weight excluding hydrogens is 592 g/mol. The molecule has 0 aliphatic rings. The molecule has 0 spiro atoms. The van der Waals surface area contributed by atoms with E-state index in [9.17, 15) is 19.2 Å². The molecule has 11 nitrogen and oxygen atoms in total. The van der Waals surface area contributed by atoms with Crippen molar-refractivity contribution < 1.29 is 33.8 Å². The fourth-order valence-corrected chi connectivity index (χ4v) is 4.80. The first-order valence-electron chi connectivity index (χ1n) is 13.3. The number of ether oxygens (including phenoxy) is 2. The van der Waals surface area contributed by atoms with Gasteiger partial charge in [-0.05, 0) is 51.4 Å². The van der Waals surface area contributed by atoms with E-state index in [2.05, 4.69) is 20.6 Å².